The van der Waals surface area contributed by atoms with Crippen molar-refractivity contribution in [2.75, 3.05) is 31.1 Å². The maximum absolute atomic E-state index is 14.1. The molecule has 4 rings (SSSR count). The summed E-state index contributed by atoms with van der Waals surface area (Å²) in [6.45, 7) is 7.37. The number of aryl methyl sites for hydroxylation is 1. The summed E-state index contributed by atoms with van der Waals surface area (Å²) in [4.78, 5) is 7.01. The molecule has 7 nitrogen and oxygen atoms in total. The maximum atomic E-state index is 14.1. The van der Waals surface area contributed by atoms with E-state index in [2.05, 4.69) is 10.1 Å². The molecule has 0 saturated carbocycles. The third kappa shape index (κ3) is 3.53. The first-order valence-corrected chi connectivity index (χ1v) is 12.0. The van der Waals surface area contributed by atoms with Gasteiger partial charge < -0.3 is 4.90 Å². The van der Waals surface area contributed by atoms with Crippen molar-refractivity contribution in [1.29, 1.82) is 0 Å². The molecule has 1 aliphatic heterocycles. The fraction of sp³-hybridized carbons (Fsp3) is 0.474. The van der Waals surface area contributed by atoms with Crippen molar-refractivity contribution in [3.8, 4) is 0 Å². The summed E-state index contributed by atoms with van der Waals surface area (Å²) < 4.78 is 44.0. The summed E-state index contributed by atoms with van der Waals surface area (Å²) in [5, 5.41) is 5.54. The third-order valence-electron chi connectivity index (χ3n) is 5.09. The highest BCUT2D eigenvalue weighted by Gasteiger charge is 2.35. The van der Waals surface area contributed by atoms with Crippen LogP contribution in [0.3, 0.4) is 0 Å². The molecule has 0 radical (unpaired) electrons. The molecule has 3 aromatic rings. The number of fused-ring (bicyclic) bond motifs is 1. The van der Waals surface area contributed by atoms with E-state index in [1.54, 1.807) is 18.2 Å². The Morgan fingerprint density at radius 3 is 2.48 bits per heavy atom. The molecule has 1 saturated heterocycles. The number of imidazole rings is 1. The van der Waals surface area contributed by atoms with Crippen molar-refractivity contribution in [2.24, 2.45) is 0 Å². The summed E-state index contributed by atoms with van der Waals surface area (Å²) in [6.07, 6.45) is 0.511. The van der Waals surface area contributed by atoms with E-state index in [4.69, 9.17) is 0 Å². The van der Waals surface area contributed by atoms with E-state index in [-0.39, 0.29) is 29.9 Å². The van der Waals surface area contributed by atoms with E-state index < -0.39 is 10.0 Å². The molecule has 1 fully saturated rings. The smallest absolute Gasteiger partial charge is 0.262 e. The topological polar surface area (TPSA) is 70.8 Å². The maximum Gasteiger partial charge on any atom is 0.262 e. The van der Waals surface area contributed by atoms with Crippen LogP contribution in [0.2, 0.25) is 0 Å². The van der Waals surface area contributed by atoms with Crippen LogP contribution in [-0.2, 0) is 16.4 Å². The van der Waals surface area contributed by atoms with Gasteiger partial charge >= 0.3 is 0 Å². The SMILES string of the molecule is CCc1nc2sc(C(C)C)nn2c1S(=O)(=O)N1CCN(c2ccccc2F)CC1. The van der Waals surface area contributed by atoms with Crippen LogP contribution < -0.4 is 4.90 Å². The fourth-order valence-corrected chi connectivity index (χ4v) is 6.21. The third-order valence-corrected chi connectivity index (χ3v) is 8.24. The van der Waals surface area contributed by atoms with Crippen LogP contribution >= 0.6 is 11.3 Å². The number of anilines is 1. The number of nitrogens with zero attached hydrogens (tertiary/aromatic N) is 5. The van der Waals surface area contributed by atoms with Gasteiger partial charge in [0.15, 0.2) is 5.03 Å². The highest BCUT2D eigenvalue weighted by atomic mass is 32.2. The highest BCUT2D eigenvalue weighted by molar-refractivity contribution is 7.89. The standard InChI is InChI=1S/C19H24FN5O2S2/c1-4-15-18(25-19(21-15)28-17(22-25)13(2)3)29(26,27)24-11-9-23(10-12-24)16-8-6-5-7-14(16)20/h5-8,13H,4,9-12H2,1-3H3. The number of rotatable bonds is 5. The van der Waals surface area contributed by atoms with E-state index >= 15 is 0 Å². The second-order valence-electron chi connectivity index (χ2n) is 7.35. The van der Waals surface area contributed by atoms with Gasteiger partial charge in [-0.3, -0.25) is 0 Å². The number of aromatic nitrogens is 3. The zero-order valence-electron chi connectivity index (χ0n) is 16.7. The van der Waals surface area contributed by atoms with Crippen LogP contribution in [0.1, 0.15) is 37.4 Å². The number of halogens is 1. The zero-order chi connectivity index (χ0) is 20.8. The van der Waals surface area contributed by atoms with Gasteiger partial charge in [0, 0.05) is 32.1 Å². The van der Waals surface area contributed by atoms with Crippen LogP contribution in [-0.4, -0.2) is 53.5 Å². The molecular formula is C19H24FN5O2S2. The number of piperazine rings is 1. The molecule has 0 bridgehead atoms. The van der Waals surface area contributed by atoms with Crippen LogP contribution in [0.25, 0.3) is 4.96 Å². The van der Waals surface area contributed by atoms with Gasteiger partial charge in [-0.2, -0.15) is 13.9 Å². The molecule has 0 amide bonds. The van der Waals surface area contributed by atoms with E-state index in [0.717, 1.165) is 5.01 Å². The predicted octanol–water partition coefficient (Wildman–Crippen LogP) is 3.13. The van der Waals surface area contributed by atoms with Gasteiger partial charge in [0.05, 0.1) is 11.4 Å². The van der Waals surface area contributed by atoms with Crippen molar-refractivity contribution < 1.29 is 12.8 Å². The number of hydrogen-bond acceptors (Lipinski definition) is 6. The molecule has 0 atom stereocenters. The number of para-hydroxylation sites is 1. The quantitative estimate of drug-likeness (QED) is 0.613. The zero-order valence-corrected chi connectivity index (χ0v) is 18.3. The Balaban J connectivity index is 1.63. The number of sulfonamides is 1. The molecular weight excluding hydrogens is 413 g/mol. The van der Waals surface area contributed by atoms with Crippen molar-refractivity contribution >= 4 is 32.0 Å². The predicted molar refractivity (Wildman–Crippen MR) is 112 cm³/mol. The first kappa shape index (κ1) is 20.2. The average Bonchev–Trinajstić information content (AvgIpc) is 3.26. The molecule has 0 spiro atoms. The molecule has 10 heteroatoms. The van der Waals surface area contributed by atoms with Crippen LogP contribution in [0.5, 0.6) is 0 Å². The minimum Gasteiger partial charge on any atom is -0.367 e. The molecule has 1 aliphatic rings. The molecule has 1 aromatic carbocycles. The lowest BCUT2D eigenvalue weighted by atomic mass is 10.2. The fourth-order valence-electron chi connectivity index (χ4n) is 3.51. The normalized spacial score (nSPS) is 16.2. The van der Waals surface area contributed by atoms with E-state index in [9.17, 15) is 12.8 Å². The van der Waals surface area contributed by atoms with Gasteiger partial charge in [0.1, 0.15) is 10.8 Å². The minimum atomic E-state index is -3.76. The Morgan fingerprint density at radius 2 is 1.86 bits per heavy atom. The van der Waals surface area contributed by atoms with Crippen LogP contribution in [0, 0.1) is 5.82 Å². The summed E-state index contributed by atoms with van der Waals surface area (Å²) in [5.41, 5.74) is 1.04. The Hall–Kier alpha value is -2.04. The Morgan fingerprint density at radius 1 is 1.17 bits per heavy atom. The summed E-state index contributed by atoms with van der Waals surface area (Å²) in [5.74, 6) is -0.0927. The second-order valence-corrected chi connectivity index (χ2v) is 10.2. The molecule has 29 heavy (non-hydrogen) atoms. The highest BCUT2D eigenvalue weighted by Crippen LogP contribution is 2.29. The first-order chi connectivity index (χ1) is 13.8. The second kappa shape index (κ2) is 7.66. The van der Waals surface area contributed by atoms with Gasteiger partial charge in [-0.05, 0) is 18.6 Å². The van der Waals surface area contributed by atoms with Gasteiger partial charge in [0.25, 0.3) is 10.0 Å². The van der Waals surface area contributed by atoms with Crippen molar-refractivity contribution in [2.45, 2.75) is 38.1 Å². The van der Waals surface area contributed by atoms with E-state index in [1.807, 2.05) is 25.7 Å². The summed E-state index contributed by atoms with van der Waals surface area (Å²) in [6, 6.07) is 6.57. The van der Waals surface area contributed by atoms with E-state index in [1.165, 1.54) is 26.2 Å². The van der Waals surface area contributed by atoms with Gasteiger partial charge in [0.2, 0.25) is 4.96 Å². The van der Waals surface area contributed by atoms with Crippen LogP contribution in [0.4, 0.5) is 10.1 Å². The monoisotopic (exact) mass is 437 g/mol. The lowest BCUT2D eigenvalue weighted by Crippen LogP contribution is -2.49. The number of benzene rings is 1. The molecule has 0 unspecified atom stereocenters. The number of hydrogen-bond donors (Lipinski definition) is 0. The molecule has 3 heterocycles. The van der Waals surface area contributed by atoms with E-state index in [0.29, 0.717) is 35.9 Å². The molecule has 0 N–H and O–H groups in total. The molecule has 2 aromatic heterocycles. The minimum absolute atomic E-state index is 0.164. The van der Waals surface area contributed by atoms with Crippen LogP contribution in [0.15, 0.2) is 29.3 Å². The average molecular weight is 438 g/mol. The van der Waals surface area contributed by atoms with Crippen molar-refractivity contribution in [3.05, 3.63) is 40.8 Å². The molecule has 156 valence electrons. The van der Waals surface area contributed by atoms with Gasteiger partial charge in [-0.1, -0.05) is 44.2 Å². The Bertz CT molecular complexity index is 1130. The first-order valence-electron chi connectivity index (χ1n) is 9.71. The van der Waals surface area contributed by atoms with Crippen molar-refractivity contribution in [3.63, 3.8) is 0 Å². The Kier molecular flexibility index (Phi) is 5.34. The molecule has 0 aliphatic carbocycles. The van der Waals surface area contributed by atoms with Crippen molar-refractivity contribution in [1.82, 2.24) is 18.9 Å². The van der Waals surface area contributed by atoms with Gasteiger partial charge in [-0.15, -0.1) is 0 Å². The Labute approximate surface area is 173 Å². The lowest BCUT2D eigenvalue weighted by molar-refractivity contribution is 0.380. The largest absolute Gasteiger partial charge is 0.367 e. The summed E-state index contributed by atoms with van der Waals surface area (Å²) >= 11 is 1.43. The lowest BCUT2D eigenvalue weighted by Gasteiger charge is -2.35. The summed E-state index contributed by atoms with van der Waals surface area (Å²) in [7, 11) is -3.76. The van der Waals surface area contributed by atoms with Gasteiger partial charge in [-0.25, -0.2) is 17.8 Å².